The maximum atomic E-state index is 12.7. The zero-order valence-corrected chi connectivity index (χ0v) is 11.6. The number of nitrogens with zero attached hydrogens (tertiary/aromatic N) is 2. The molecule has 1 aromatic carbocycles. The molecule has 0 bridgehead atoms. The molecule has 3 rings (SSSR count). The van der Waals surface area contributed by atoms with E-state index in [1.54, 1.807) is 11.3 Å². The summed E-state index contributed by atoms with van der Waals surface area (Å²) in [6.45, 7) is 5.78. The van der Waals surface area contributed by atoms with Crippen LogP contribution in [-0.4, -0.2) is 24.7 Å². The lowest BCUT2D eigenvalue weighted by Crippen LogP contribution is -2.19. The van der Waals surface area contributed by atoms with Gasteiger partial charge in [-0.05, 0) is 37.5 Å². The van der Waals surface area contributed by atoms with E-state index in [1.807, 2.05) is 0 Å². The van der Waals surface area contributed by atoms with Crippen LogP contribution in [0.2, 0.25) is 0 Å². The highest BCUT2D eigenvalue weighted by Gasteiger charge is 2.24. The molecule has 0 spiro atoms. The van der Waals surface area contributed by atoms with E-state index in [9.17, 15) is 4.39 Å². The smallest absolute Gasteiger partial charge is 0.186 e. The zero-order valence-electron chi connectivity index (χ0n) is 10.7. The van der Waals surface area contributed by atoms with Crippen LogP contribution in [0.15, 0.2) is 12.1 Å². The maximum absolute atomic E-state index is 12.7. The standard InChI is InChI=1S/C14H17FN2S/c1-9-3-4-12-13(10(9)2)16-14(18-12)17-6-5-11(7-15)8-17/h3-4,11H,5-8H2,1-2H3. The monoisotopic (exact) mass is 264 g/mol. The highest BCUT2D eigenvalue weighted by molar-refractivity contribution is 7.22. The molecule has 4 heteroatoms. The topological polar surface area (TPSA) is 16.1 Å². The number of aryl methyl sites for hydroxylation is 2. The fourth-order valence-corrected chi connectivity index (χ4v) is 3.54. The molecule has 2 nitrogen and oxygen atoms in total. The first-order valence-electron chi connectivity index (χ1n) is 6.36. The molecule has 96 valence electrons. The van der Waals surface area contributed by atoms with Crippen molar-refractivity contribution < 1.29 is 4.39 Å². The van der Waals surface area contributed by atoms with Crippen LogP contribution in [0, 0.1) is 19.8 Å². The highest BCUT2D eigenvalue weighted by atomic mass is 32.1. The van der Waals surface area contributed by atoms with Gasteiger partial charge in [0.25, 0.3) is 0 Å². The number of hydrogen-bond donors (Lipinski definition) is 0. The summed E-state index contributed by atoms with van der Waals surface area (Å²) in [5.74, 6) is 0.194. The number of benzene rings is 1. The molecule has 1 aliphatic rings. The van der Waals surface area contributed by atoms with Crippen LogP contribution in [0.3, 0.4) is 0 Å². The molecule has 2 heterocycles. The van der Waals surface area contributed by atoms with Gasteiger partial charge in [-0.25, -0.2) is 4.98 Å². The third-order valence-corrected chi connectivity index (χ3v) is 4.93. The SMILES string of the molecule is Cc1ccc2sc(N3CCC(CF)C3)nc2c1C. The highest BCUT2D eigenvalue weighted by Crippen LogP contribution is 2.34. The van der Waals surface area contributed by atoms with Crippen molar-refractivity contribution in [3.05, 3.63) is 23.3 Å². The molecule has 1 atom stereocenters. The van der Waals surface area contributed by atoms with Crippen LogP contribution in [0.5, 0.6) is 0 Å². The third-order valence-electron chi connectivity index (χ3n) is 3.85. The lowest BCUT2D eigenvalue weighted by molar-refractivity contribution is 0.385. The van der Waals surface area contributed by atoms with Crippen LogP contribution in [0.1, 0.15) is 17.5 Å². The number of hydrogen-bond acceptors (Lipinski definition) is 3. The second-order valence-electron chi connectivity index (χ2n) is 5.11. The summed E-state index contributed by atoms with van der Waals surface area (Å²) in [6.07, 6.45) is 0.949. The first kappa shape index (κ1) is 11.9. The average molecular weight is 264 g/mol. The lowest BCUT2D eigenvalue weighted by atomic mass is 10.1. The van der Waals surface area contributed by atoms with Gasteiger partial charge in [-0.1, -0.05) is 17.4 Å². The Hall–Kier alpha value is -1.16. The predicted octanol–water partition coefficient (Wildman–Crippen LogP) is 3.71. The minimum absolute atomic E-state index is 0.194. The lowest BCUT2D eigenvalue weighted by Gasteiger charge is -2.13. The third kappa shape index (κ3) is 1.88. The van der Waals surface area contributed by atoms with E-state index in [1.165, 1.54) is 15.8 Å². The number of rotatable bonds is 2. The van der Waals surface area contributed by atoms with Crippen molar-refractivity contribution in [1.82, 2.24) is 4.98 Å². The van der Waals surface area contributed by atoms with Gasteiger partial charge in [-0.3, -0.25) is 4.39 Å². The number of aromatic nitrogens is 1. The molecule has 1 unspecified atom stereocenters. The minimum atomic E-state index is -0.209. The van der Waals surface area contributed by atoms with Gasteiger partial charge in [-0.2, -0.15) is 0 Å². The first-order valence-corrected chi connectivity index (χ1v) is 7.18. The Kier molecular flexibility index (Phi) is 2.98. The van der Waals surface area contributed by atoms with E-state index >= 15 is 0 Å². The van der Waals surface area contributed by atoms with Crippen LogP contribution >= 0.6 is 11.3 Å². The van der Waals surface area contributed by atoms with Gasteiger partial charge in [0.05, 0.1) is 16.9 Å². The Morgan fingerprint density at radius 1 is 1.44 bits per heavy atom. The number of halogens is 1. The maximum Gasteiger partial charge on any atom is 0.186 e. The van der Waals surface area contributed by atoms with Crippen molar-refractivity contribution in [3.63, 3.8) is 0 Å². The van der Waals surface area contributed by atoms with E-state index in [0.717, 1.165) is 30.2 Å². The Morgan fingerprint density at radius 3 is 3.00 bits per heavy atom. The quantitative estimate of drug-likeness (QED) is 0.822. The normalized spacial score (nSPS) is 19.9. The summed E-state index contributed by atoms with van der Waals surface area (Å²) in [5, 5.41) is 1.05. The van der Waals surface area contributed by atoms with E-state index in [0.29, 0.717) is 0 Å². The van der Waals surface area contributed by atoms with Gasteiger partial charge >= 0.3 is 0 Å². The van der Waals surface area contributed by atoms with Crippen LogP contribution in [0.4, 0.5) is 9.52 Å². The van der Waals surface area contributed by atoms with E-state index < -0.39 is 0 Å². The molecule has 1 aromatic heterocycles. The molecule has 0 radical (unpaired) electrons. The van der Waals surface area contributed by atoms with E-state index in [-0.39, 0.29) is 12.6 Å². The average Bonchev–Trinajstić information content (AvgIpc) is 2.99. The van der Waals surface area contributed by atoms with Crippen molar-refractivity contribution in [2.24, 2.45) is 5.92 Å². The van der Waals surface area contributed by atoms with E-state index in [2.05, 4.69) is 30.9 Å². The predicted molar refractivity (Wildman–Crippen MR) is 75.4 cm³/mol. The molecule has 18 heavy (non-hydrogen) atoms. The van der Waals surface area contributed by atoms with E-state index in [4.69, 9.17) is 4.98 Å². The molecule has 2 aromatic rings. The number of fused-ring (bicyclic) bond motifs is 1. The summed E-state index contributed by atoms with van der Waals surface area (Å²) in [6, 6.07) is 4.29. The van der Waals surface area contributed by atoms with Crippen molar-refractivity contribution >= 4 is 26.7 Å². The number of alkyl halides is 1. The van der Waals surface area contributed by atoms with Crippen LogP contribution < -0.4 is 4.90 Å². The molecular weight excluding hydrogens is 247 g/mol. The van der Waals surface area contributed by atoms with Gasteiger partial charge in [0.1, 0.15) is 0 Å². The summed E-state index contributed by atoms with van der Waals surface area (Å²) < 4.78 is 13.9. The summed E-state index contributed by atoms with van der Waals surface area (Å²) in [4.78, 5) is 6.97. The Bertz CT molecular complexity index is 578. The minimum Gasteiger partial charge on any atom is -0.348 e. The number of thiazole rings is 1. The fraction of sp³-hybridized carbons (Fsp3) is 0.500. The Balaban J connectivity index is 1.97. The van der Waals surface area contributed by atoms with Crippen molar-refractivity contribution in [2.45, 2.75) is 20.3 Å². The van der Waals surface area contributed by atoms with Gasteiger partial charge in [-0.15, -0.1) is 0 Å². The molecular formula is C14H17FN2S. The summed E-state index contributed by atoms with van der Waals surface area (Å²) >= 11 is 1.72. The van der Waals surface area contributed by atoms with Gasteiger partial charge < -0.3 is 4.90 Å². The molecule has 1 aliphatic heterocycles. The summed E-state index contributed by atoms with van der Waals surface area (Å²) in [7, 11) is 0. The molecule has 0 amide bonds. The van der Waals surface area contributed by atoms with Crippen molar-refractivity contribution in [2.75, 3.05) is 24.7 Å². The molecule has 0 saturated carbocycles. The molecule has 1 fully saturated rings. The number of anilines is 1. The summed E-state index contributed by atoms with van der Waals surface area (Å²) in [5.41, 5.74) is 3.65. The van der Waals surface area contributed by atoms with Gasteiger partial charge in [0.15, 0.2) is 5.13 Å². The largest absolute Gasteiger partial charge is 0.348 e. The Morgan fingerprint density at radius 2 is 2.28 bits per heavy atom. The van der Waals surface area contributed by atoms with Crippen molar-refractivity contribution in [3.8, 4) is 0 Å². The first-order chi connectivity index (χ1) is 8.69. The van der Waals surface area contributed by atoms with Gasteiger partial charge in [0.2, 0.25) is 0 Å². The second kappa shape index (κ2) is 4.50. The van der Waals surface area contributed by atoms with Crippen LogP contribution in [-0.2, 0) is 0 Å². The van der Waals surface area contributed by atoms with Crippen LogP contribution in [0.25, 0.3) is 10.2 Å². The molecule has 0 N–H and O–H groups in total. The van der Waals surface area contributed by atoms with Crippen molar-refractivity contribution in [1.29, 1.82) is 0 Å². The molecule has 1 saturated heterocycles. The second-order valence-corrected chi connectivity index (χ2v) is 6.11. The Labute approximate surface area is 110 Å². The zero-order chi connectivity index (χ0) is 12.7. The fourth-order valence-electron chi connectivity index (χ4n) is 2.48. The molecule has 0 aliphatic carbocycles. The van der Waals surface area contributed by atoms with Gasteiger partial charge in [0, 0.05) is 19.0 Å².